The highest BCUT2D eigenvalue weighted by Gasteiger charge is 2.37. The van der Waals surface area contributed by atoms with Crippen molar-refractivity contribution in [1.82, 2.24) is 0 Å². The third-order valence-electron chi connectivity index (χ3n) is 2.90. The van der Waals surface area contributed by atoms with Crippen LogP contribution in [0.15, 0.2) is 11.8 Å². The Balaban J connectivity index is 2.80. The van der Waals surface area contributed by atoms with E-state index in [0.717, 1.165) is 12.2 Å². The molecule has 17 heavy (non-hydrogen) atoms. The number of hydrogen-bond acceptors (Lipinski definition) is 3. The van der Waals surface area contributed by atoms with Gasteiger partial charge in [-0.25, -0.2) is 0 Å². The highest BCUT2D eigenvalue weighted by Crippen LogP contribution is 2.41. The van der Waals surface area contributed by atoms with Crippen LogP contribution in [0.4, 0.5) is 0 Å². The molecular weight excluding hydrogens is 232 g/mol. The zero-order valence-electron chi connectivity index (χ0n) is 11.7. The van der Waals surface area contributed by atoms with E-state index in [1.165, 1.54) is 6.92 Å². The Morgan fingerprint density at radius 3 is 2.41 bits per heavy atom. The molecule has 0 unspecified atom stereocenters. The molecule has 0 N–H and O–H groups in total. The number of esters is 1. The summed E-state index contributed by atoms with van der Waals surface area (Å²) in [5.74, 6) is 1.16. The zero-order valence-corrected chi connectivity index (χ0v) is 12.9. The van der Waals surface area contributed by atoms with Crippen LogP contribution >= 0.6 is 0 Å². The maximum atomic E-state index is 11.0. The second-order valence-electron chi connectivity index (χ2n) is 6.04. The van der Waals surface area contributed by atoms with E-state index in [1.54, 1.807) is 0 Å². The molecule has 0 bridgehead atoms. The molecule has 0 aromatic rings. The van der Waals surface area contributed by atoms with Crippen molar-refractivity contribution in [2.45, 2.75) is 53.3 Å². The van der Waals surface area contributed by atoms with E-state index in [-0.39, 0.29) is 17.5 Å². The van der Waals surface area contributed by atoms with E-state index in [1.807, 2.05) is 6.08 Å². The average Bonchev–Trinajstić information content (AvgIpc) is 2.44. The predicted molar refractivity (Wildman–Crippen MR) is 71.2 cm³/mol. The van der Waals surface area contributed by atoms with Gasteiger partial charge in [0, 0.05) is 12.8 Å². The first-order valence-electron chi connectivity index (χ1n) is 6.25. The van der Waals surface area contributed by atoms with Gasteiger partial charge in [0.25, 0.3) is 0 Å². The van der Waals surface area contributed by atoms with Crippen LogP contribution in [0.5, 0.6) is 0 Å². The van der Waals surface area contributed by atoms with Crippen LogP contribution in [-0.4, -0.2) is 21.1 Å². The summed E-state index contributed by atoms with van der Waals surface area (Å²) in [4.78, 5) is 11.0. The van der Waals surface area contributed by atoms with Crippen LogP contribution in [0.2, 0.25) is 13.1 Å². The molecule has 0 amide bonds. The summed E-state index contributed by atoms with van der Waals surface area (Å²) < 4.78 is 11.2. The van der Waals surface area contributed by atoms with Crippen LogP contribution in [0.1, 0.15) is 34.1 Å². The Morgan fingerprint density at radius 2 is 2.00 bits per heavy atom. The van der Waals surface area contributed by atoms with Crippen LogP contribution in [0.25, 0.3) is 0 Å². The van der Waals surface area contributed by atoms with Crippen molar-refractivity contribution in [3.8, 4) is 0 Å². The normalized spacial score (nSPS) is 24.8. The fraction of sp³-hybridized carbons (Fsp3) is 0.769. The molecule has 0 saturated carbocycles. The minimum atomic E-state index is -1.11. The third kappa shape index (κ3) is 4.19. The lowest BCUT2D eigenvalue weighted by molar-refractivity contribution is -0.144. The predicted octanol–water partition coefficient (Wildman–Crippen LogP) is 2.87. The number of allylic oxidation sites excluding steroid dienone is 1. The Hall–Kier alpha value is -0.773. The lowest BCUT2D eigenvalue weighted by Gasteiger charge is -2.30. The van der Waals surface area contributed by atoms with Crippen LogP contribution in [-0.2, 0) is 14.0 Å². The standard InChI is InChI=1S/C13H24O3Si/c1-9(14)15-10-7-11(13(2,3)4)12(8-10)16-17(5)6/h8,10-11,17H,7H2,1-6H3/t10-,11-/m1/s1. The molecular formula is C13H24O3Si. The molecule has 1 aliphatic rings. The maximum absolute atomic E-state index is 11.0. The minimum absolute atomic E-state index is 0.112. The van der Waals surface area contributed by atoms with Crippen molar-refractivity contribution in [3.63, 3.8) is 0 Å². The average molecular weight is 256 g/mol. The number of carbonyl (C=O) groups excluding carboxylic acids is 1. The van der Waals surface area contributed by atoms with Gasteiger partial charge in [0.2, 0.25) is 9.04 Å². The van der Waals surface area contributed by atoms with E-state index in [2.05, 4.69) is 33.9 Å². The number of carbonyl (C=O) groups is 1. The smallest absolute Gasteiger partial charge is 0.303 e. The molecule has 0 aliphatic heterocycles. The molecule has 0 heterocycles. The summed E-state index contributed by atoms with van der Waals surface area (Å²) in [6.07, 6.45) is 2.73. The van der Waals surface area contributed by atoms with Crippen molar-refractivity contribution in [1.29, 1.82) is 0 Å². The number of hydrogen-bond donors (Lipinski definition) is 0. The Labute approximate surface area is 106 Å². The SMILES string of the molecule is CC(=O)O[C@H]1C=C(O[SiH](C)C)[C@H](C(C)(C)C)C1. The summed E-state index contributed by atoms with van der Waals surface area (Å²) in [5, 5.41) is 0. The van der Waals surface area contributed by atoms with E-state index < -0.39 is 9.04 Å². The van der Waals surface area contributed by atoms with Gasteiger partial charge in [-0.2, -0.15) is 0 Å². The third-order valence-corrected chi connectivity index (χ3v) is 3.64. The molecule has 0 aromatic carbocycles. The van der Waals surface area contributed by atoms with Crippen molar-refractivity contribution in [3.05, 3.63) is 11.8 Å². The Bertz CT molecular complexity index is 315. The fourth-order valence-electron chi connectivity index (χ4n) is 2.19. The summed E-state index contributed by atoms with van der Waals surface area (Å²) in [5.41, 5.74) is 0.143. The summed E-state index contributed by atoms with van der Waals surface area (Å²) in [7, 11) is -1.11. The molecule has 0 aromatic heterocycles. The van der Waals surface area contributed by atoms with E-state index in [0.29, 0.717) is 5.92 Å². The van der Waals surface area contributed by atoms with Gasteiger partial charge < -0.3 is 9.16 Å². The molecule has 2 atom stereocenters. The van der Waals surface area contributed by atoms with Gasteiger partial charge in [0.05, 0.1) is 5.76 Å². The lowest BCUT2D eigenvalue weighted by Crippen LogP contribution is -2.25. The van der Waals surface area contributed by atoms with E-state index in [4.69, 9.17) is 9.16 Å². The lowest BCUT2D eigenvalue weighted by atomic mass is 9.79. The topological polar surface area (TPSA) is 35.5 Å². The Morgan fingerprint density at radius 1 is 1.41 bits per heavy atom. The highest BCUT2D eigenvalue weighted by molar-refractivity contribution is 6.48. The van der Waals surface area contributed by atoms with Crippen LogP contribution < -0.4 is 0 Å². The van der Waals surface area contributed by atoms with E-state index in [9.17, 15) is 4.79 Å². The fourth-order valence-corrected chi connectivity index (χ4v) is 2.97. The minimum Gasteiger partial charge on any atom is -0.550 e. The summed E-state index contributed by atoms with van der Waals surface area (Å²) in [6.45, 7) is 12.4. The molecule has 0 radical (unpaired) electrons. The second-order valence-corrected chi connectivity index (χ2v) is 8.37. The van der Waals surface area contributed by atoms with Gasteiger partial charge in [0.15, 0.2) is 0 Å². The largest absolute Gasteiger partial charge is 0.550 e. The number of rotatable bonds is 3. The van der Waals surface area contributed by atoms with Crippen molar-refractivity contribution in [2.24, 2.45) is 11.3 Å². The molecule has 0 fully saturated rings. The van der Waals surface area contributed by atoms with Crippen molar-refractivity contribution < 1.29 is 14.0 Å². The molecule has 98 valence electrons. The van der Waals surface area contributed by atoms with Crippen molar-refractivity contribution in [2.75, 3.05) is 0 Å². The van der Waals surface area contributed by atoms with Gasteiger partial charge in [-0.3, -0.25) is 4.79 Å². The van der Waals surface area contributed by atoms with Crippen molar-refractivity contribution >= 4 is 15.0 Å². The van der Waals surface area contributed by atoms with Gasteiger partial charge in [-0.1, -0.05) is 20.8 Å². The highest BCUT2D eigenvalue weighted by atomic mass is 28.3. The zero-order chi connectivity index (χ0) is 13.2. The molecule has 4 heteroatoms. The van der Waals surface area contributed by atoms with Gasteiger partial charge >= 0.3 is 5.97 Å². The first-order chi connectivity index (χ1) is 7.70. The quantitative estimate of drug-likeness (QED) is 0.575. The summed E-state index contributed by atoms with van der Waals surface area (Å²) in [6, 6.07) is 0. The molecule has 3 nitrogen and oxygen atoms in total. The van der Waals surface area contributed by atoms with Crippen LogP contribution in [0, 0.1) is 11.3 Å². The van der Waals surface area contributed by atoms with E-state index >= 15 is 0 Å². The number of ether oxygens (including phenoxy) is 1. The first kappa shape index (κ1) is 14.3. The Kier molecular flexibility index (Phi) is 4.41. The monoisotopic (exact) mass is 256 g/mol. The molecule has 0 spiro atoms. The molecule has 1 aliphatic carbocycles. The second kappa shape index (κ2) is 5.25. The van der Waals surface area contributed by atoms with Gasteiger partial charge in [-0.15, -0.1) is 0 Å². The first-order valence-corrected chi connectivity index (χ1v) is 9.04. The molecule has 1 rings (SSSR count). The maximum Gasteiger partial charge on any atom is 0.303 e. The van der Waals surface area contributed by atoms with Gasteiger partial charge in [0.1, 0.15) is 6.10 Å². The van der Waals surface area contributed by atoms with Gasteiger partial charge in [-0.05, 0) is 31.0 Å². The molecule has 0 saturated heterocycles. The summed E-state index contributed by atoms with van der Waals surface area (Å²) >= 11 is 0. The van der Waals surface area contributed by atoms with Crippen LogP contribution in [0.3, 0.4) is 0 Å².